The fourth-order valence-electron chi connectivity index (χ4n) is 1.64. The van der Waals surface area contributed by atoms with Gasteiger partial charge in [0.15, 0.2) is 5.82 Å². The summed E-state index contributed by atoms with van der Waals surface area (Å²) in [7, 11) is 3.08. The number of rotatable bonds is 5. The molecule has 2 amide bonds. The largest absolute Gasteiger partial charge is 0.479 e. The second kappa shape index (κ2) is 6.07. The molecule has 0 fully saturated rings. The predicted molar refractivity (Wildman–Crippen MR) is 72.0 cm³/mol. The summed E-state index contributed by atoms with van der Waals surface area (Å²) >= 11 is 0. The van der Waals surface area contributed by atoms with Crippen molar-refractivity contribution in [2.45, 2.75) is 6.92 Å². The normalized spacial score (nSPS) is 10.2. The predicted octanol–water partition coefficient (Wildman–Crippen LogP) is 0.0936. The highest BCUT2D eigenvalue weighted by atomic mass is 16.5. The first-order chi connectivity index (χ1) is 9.99. The van der Waals surface area contributed by atoms with Gasteiger partial charge < -0.3 is 19.9 Å². The summed E-state index contributed by atoms with van der Waals surface area (Å²) in [6.07, 6.45) is 1.51. The van der Waals surface area contributed by atoms with Crippen molar-refractivity contribution in [3.8, 4) is 5.88 Å². The van der Waals surface area contributed by atoms with Crippen molar-refractivity contribution in [3.63, 3.8) is 0 Å². The molecule has 9 heteroatoms. The van der Waals surface area contributed by atoms with Crippen molar-refractivity contribution in [2.24, 2.45) is 7.05 Å². The average Bonchev–Trinajstić information content (AvgIpc) is 3.01. The summed E-state index contributed by atoms with van der Waals surface area (Å²) in [6, 6.07) is 1.57. The molecule has 0 saturated carbocycles. The number of ether oxygens (including phenoxy) is 1. The van der Waals surface area contributed by atoms with Crippen LogP contribution in [0.2, 0.25) is 0 Å². The van der Waals surface area contributed by atoms with Crippen molar-refractivity contribution in [1.82, 2.24) is 20.3 Å². The Labute approximate surface area is 120 Å². The van der Waals surface area contributed by atoms with Crippen molar-refractivity contribution < 1.29 is 18.8 Å². The van der Waals surface area contributed by atoms with E-state index >= 15 is 0 Å². The number of hydrogen-bond acceptors (Lipinski definition) is 6. The SMILES string of the molecule is COc1nn(C)cc1C(=O)NCC(=O)Nc1cc(C)on1. The van der Waals surface area contributed by atoms with Gasteiger partial charge in [0.25, 0.3) is 5.91 Å². The average molecular weight is 293 g/mol. The lowest BCUT2D eigenvalue weighted by Gasteiger charge is -2.04. The molecule has 2 N–H and O–H groups in total. The van der Waals surface area contributed by atoms with E-state index in [0.29, 0.717) is 11.6 Å². The molecule has 0 spiro atoms. The lowest BCUT2D eigenvalue weighted by atomic mass is 10.3. The van der Waals surface area contributed by atoms with Crippen LogP contribution in [-0.4, -0.2) is 40.4 Å². The van der Waals surface area contributed by atoms with Crippen LogP contribution in [0.4, 0.5) is 5.82 Å². The van der Waals surface area contributed by atoms with Gasteiger partial charge in [0.1, 0.15) is 11.3 Å². The second-order valence-electron chi connectivity index (χ2n) is 4.28. The monoisotopic (exact) mass is 293 g/mol. The number of aryl methyl sites for hydroxylation is 2. The molecule has 2 aromatic rings. The highest BCUT2D eigenvalue weighted by Crippen LogP contribution is 2.14. The summed E-state index contributed by atoms with van der Waals surface area (Å²) in [5.74, 6) is 0.202. The quantitative estimate of drug-likeness (QED) is 0.808. The molecular formula is C12H15N5O4. The third-order valence-corrected chi connectivity index (χ3v) is 2.54. The first-order valence-electron chi connectivity index (χ1n) is 6.08. The van der Waals surface area contributed by atoms with Gasteiger partial charge in [-0.1, -0.05) is 5.16 Å². The van der Waals surface area contributed by atoms with Crippen LogP contribution in [0.3, 0.4) is 0 Å². The van der Waals surface area contributed by atoms with Crippen LogP contribution in [-0.2, 0) is 11.8 Å². The Balaban J connectivity index is 1.90. The van der Waals surface area contributed by atoms with Crippen LogP contribution in [0.25, 0.3) is 0 Å². The van der Waals surface area contributed by atoms with Crippen LogP contribution in [0.1, 0.15) is 16.1 Å². The molecule has 0 aliphatic heterocycles. The van der Waals surface area contributed by atoms with E-state index in [1.54, 1.807) is 20.0 Å². The number of hydrogen-bond donors (Lipinski definition) is 2. The van der Waals surface area contributed by atoms with Crippen molar-refractivity contribution in [1.29, 1.82) is 0 Å². The van der Waals surface area contributed by atoms with Crippen LogP contribution >= 0.6 is 0 Å². The highest BCUT2D eigenvalue weighted by molar-refractivity contribution is 6.00. The number of anilines is 1. The van der Waals surface area contributed by atoms with Gasteiger partial charge in [0, 0.05) is 19.3 Å². The second-order valence-corrected chi connectivity index (χ2v) is 4.28. The lowest BCUT2D eigenvalue weighted by molar-refractivity contribution is -0.115. The Hall–Kier alpha value is -2.84. The third kappa shape index (κ3) is 3.59. The third-order valence-electron chi connectivity index (χ3n) is 2.54. The Morgan fingerprint density at radius 3 is 2.86 bits per heavy atom. The summed E-state index contributed by atoms with van der Waals surface area (Å²) in [6.45, 7) is 1.50. The molecule has 0 aliphatic rings. The molecule has 0 radical (unpaired) electrons. The van der Waals surface area contributed by atoms with Gasteiger partial charge in [-0.3, -0.25) is 14.3 Å². The highest BCUT2D eigenvalue weighted by Gasteiger charge is 2.17. The topological polar surface area (TPSA) is 111 Å². The summed E-state index contributed by atoms with van der Waals surface area (Å²) in [4.78, 5) is 23.6. The van der Waals surface area contributed by atoms with E-state index in [1.807, 2.05) is 0 Å². The first kappa shape index (κ1) is 14.6. The van der Waals surface area contributed by atoms with Gasteiger partial charge >= 0.3 is 0 Å². The Bertz CT molecular complexity index is 660. The molecule has 2 heterocycles. The van der Waals surface area contributed by atoms with Crippen molar-refractivity contribution in [2.75, 3.05) is 19.0 Å². The molecule has 0 bridgehead atoms. The fraction of sp³-hybridized carbons (Fsp3) is 0.333. The number of nitrogens with one attached hydrogen (secondary N) is 2. The molecular weight excluding hydrogens is 278 g/mol. The van der Waals surface area contributed by atoms with Crippen molar-refractivity contribution in [3.05, 3.63) is 23.6 Å². The molecule has 2 aromatic heterocycles. The number of methoxy groups -OCH3 is 1. The van der Waals surface area contributed by atoms with E-state index in [0.717, 1.165) is 0 Å². The minimum atomic E-state index is -0.452. The maximum absolute atomic E-state index is 11.9. The number of carbonyl (C=O) groups is 2. The van der Waals surface area contributed by atoms with Gasteiger partial charge in [0.2, 0.25) is 11.8 Å². The van der Waals surface area contributed by atoms with E-state index in [2.05, 4.69) is 20.9 Å². The lowest BCUT2D eigenvalue weighted by Crippen LogP contribution is -2.32. The molecule has 112 valence electrons. The summed E-state index contributed by atoms with van der Waals surface area (Å²) in [5, 5.41) is 12.5. The molecule has 21 heavy (non-hydrogen) atoms. The summed E-state index contributed by atoms with van der Waals surface area (Å²) in [5.41, 5.74) is 0.255. The zero-order valence-corrected chi connectivity index (χ0v) is 11.8. The first-order valence-corrected chi connectivity index (χ1v) is 6.08. The van der Waals surface area contributed by atoms with Gasteiger partial charge in [-0.25, -0.2) is 0 Å². The molecule has 0 unspecified atom stereocenters. The van der Waals surface area contributed by atoms with E-state index in [4.69, 9.17) is 9.26 Å². The number of amides is 2. The molecule has 0 aromatic carbocycles. The van der Waals surface area contributed by atoms with Gasteiger partial charge in [-0.15, -0.1) is 5.10 Å². The Morgan fingerprint density at radius 2 is 2.24 bits per heavy atom. The van der Waals surface area contributed by atoms with E-state index in [-0.39, 0.29) is 18.0 Å². The molecule has 0 aliphatic carbocycles. The Kier molecular flexibility index (Phi) is 4.21. The molecule has 0 atom stereocenters. The minimum Gasteiger partial charge on any atom is -0.479 e. The fourth-order valence-corrected chi connectivity index (χ4v) is 1.64. The van der Waals surface area contributed by atoms with Crippen LogP contribution in [0.15, 0.2) is 16.8 Å². The van der Waals surface area contributed by atoms with Crippen molar-refractivity contribution >= 4 is 17.6 Å². The Morgan fingerprint density at radius 1 is 1.48 bits per heavy atom. The summed E-state index contributed by atoms with van der Waals surface area (Å²) < 4.78 is 11.2. The number of nitrogens with zero attached hydrogens (tertiary/aromatic N) is 3. The van der Waals surface area contributed by atoms with Gasteiger partial charge in [0.05, 0.1) is 13.7 Å². The van der Waals surface area contributed by atoms with Crippen LogP contribution in [0.5, 0.6) is 5.88 Å². The van der Waals surface area contributed by atoms with Crippen LogP contribution in [0, 0.1) is 6.92 Å². The maximum Gasteiger partial charge on any atom is 0.258 e. The molecule has 2 rings (SSSR count). The standard InChI is InChI=1S/C12H15N5O4/c1-7-4-9(16-21-7)14-10(18)5-13-11(19)8-6-17(2)15-12(8)20-3/h4,6H,5H2,1-3H3,(H,13,19)(H,14,16,18). The van der Waals surface area contributed by atoms with E-state index in [9.17, 15) is 9.59 Å². The van der Waals surface area contributed by atoms with Crippen LogP contribution < -0.4 is 15.4 Å². The molecule has 9 nitrogen and oxygen atoms in total. The maximum atomic E-state index is 11.9. The zero-order valence-electron chi connectivity index (χ0n) is 11.8. The van der Waals surface area contributed by atoms with E-state index < -0.39 is 11.8 Å². The number of carbonyl (C=O) groups excluding carboxylic acids is 2. The van der Waals surface area contributed by atoms with E-state index in [1.165, 1.54) is 18.0 Å². The van der Waals surface area contributed by atoms with Gasteiger partial charge in [-0.2, -0.15) is 0 Å². The zero-order chi connectivity index (χ0) is 15.4. The minimum absolute atomic E-state index is 0.197. The number of aromatic nitrogens is 3. The molecule has 0 saturated heterocycles. The smallest absolute Gasteiger partial charge is 0.258 e. The van der Waals surface area contributed by atoms with Gasteiger partial charge in [-0.05, 0) is 6.92 Å².